The number of likely N-dealkylation sites (N-methyl/N-ethyl adjacent to an activating group) is 1. The Morgan fingerprint density at radius 1 is 1.44 bits per heavy atom. The van der Waals surface area contributed by atoms with Crippen molar-refractivity contribution >= 4 is 21.4 Å². The van der Waals surface area contributed by atoms with Gasteiger partial charge in [0, 0.05) is 18.5 Å². The molecule has 1 heterocycles. The molecule has 1 aliphatic rings. The van der Waals surface area contributed by atoms with Crippen LogP contribution in [-0.4, -0.2) is 39.9 Å². The van der Waals surface area contributed by atoms with E-state index in [9.17, 15) is 8.42 Å². The van der Waals surface area contributed by atoms with E-state index in [0.717, 1.165) is 30.7 Å². The summed E-state index contributed by atoms with van der Waals surface area (Å²) >= 11 is 1.39. The van der Waals surface area contributed by atoms with Crippen LogP contribution in [0.15, 0.2) is 16.3 Å². The predicted octanol–water partition coefficient (Wildman–Crippen LogP) is 1.54. The van der Waals surface area contributed by atoms with Crippen LogP contribution in [0.1, 0.15) is 17.7 Å². The molecule has 0 unspecified atom stereocenters. The predicted molar refractivity (Wildman–Crippen MR) is 74.5 cm³/mol. The van der Waals surface area contributed by atoms with Crippen LogP contribution < -0.4 is 5.32 Å². The second-order valence-electron chi connectivity index (χ2n) is 4.80. The second kappa shape index (κ2) is 5.69. The van der Waals surface area contributed by atoms with E-state index in [1.807, 2.05) is 13.1 Å². The highest BCUT2D eigenvalue weighted by Crippen LogP contribution is 2.32. The van der Waals surface area contributed by atoms with Gasteiger partial charge in [-0.25, -0.2) is 8.42 Å². The minimum Gasteiger partial charge on any atom is -0.319 e. The maximum absolute atomic E-state index is 12.3. The summed E-state index contributed by atoms with van der Waals surface area (Å²) in [4.78, 5) is 1.11. The molecule has 1 aromatic heterocycles. The minimum atomic E-state index is -3.27. The van der Waals surface area contributed by atoms with Crippen molar-refractivity contribution < 1.29 is 8.42 Å². The first-order valence-corrected chi connectivity index (χ1v) is 8.49. The van der Waals surface area contributed by atoms with Crippen molar-refractivity contribution in [1.82, 2.24) is 9.62 Å². The first-order valence-electron chi connectivity index (χ1n) is 6.23. The van der Waals surface area contributed by atoms with Crippen molar-refractivity contribution in [2.45, 2.75) is 23.5 Å². The highest BCUT2D eigenvalue weighted by Gasteiger charge is 2.29. The summed E-state index contributed by atoms with van der Waals surface area (Å²) in [5.41, 5.74) is 0. The monoisotopic (exact) mass is 288 g/mol. The third kappa shape index (κ3) is 3.32. The van der Waals surface area contributed by atoms with E-state index in [2.05, 4.69) is 5.32 Å². The van der Waals surface area contributed by atoms with Gasteiger partial charge in [-0.05, 0) is 50.9 Å². The Morgan fingerprint density at radius 2 is 2.17 bits per heavy atom. The third-order valence-corrected chi connectivity index (χ3v) is 6.57. The Hall–Kier alpha value is -0.430. The van der Waals surface area contributed by atoms with Crippen LogP contribution in [-0.2, 0) is 16.4 Å². The molecule has 0 aromatic carbocycles. The van der Waals surface area contributed by atoms with Gasteiger partial charge in [0.05, 0.1) is 0 Å². The Kier molecular flexibility index (Phi) is 4.42. The zero-order chi connectivity index (χ0) is 13.2. The van der Waals surface area contributed by atoms with Crippen LogP contribution in [0.25, 0.3) is 0 Å². The number of rotatable bonds is 7. The van der Waals surface area contributed by atoms with Gasteiger partial charge in [-0.3, -0.25) is 0 Å². The summed E-state index contributed by atoms with van der Waals surface area (Å²) in [6, 6.07) is 3.65. The van der Waals surface area contributed by atoms with Gasteiger partial charge in [-0.15, -0.1) is 11.3 Å². The fourth-order valence-corrected chi connectivity index (χ4v) is 4.61. The standard InChI is InChI=1S/C12H20N2O2S2/c1-13-8-7-11-5-6-12(17-11)18(15,16)14(2)9-10-3-4-10/h5-6,10,13H,3-4,7-9H2,1-2H3. The molecule has 102 valence electrons. The minimum absolute atomic E-state index is 0.469. The van der Waals surface area contributed by atoms with E-state index in [4.69, 9.17) is 0 Å². The smallest absolute Gasteiger partial charge is 0.252 e. The fourth-order valence-electron chi connectivity index (χ4n) is 1.80. The fraction of sp³-hybridized carbons (Fsp3) is 0.667. The largest absolute Gasteiger partial charge is 0.319 e. The maximum Gasteiger partial charge on any atom is 0.252 e. The van der Waals surface area contributed by atoms with Crippen LogP contribution in [0, 0.1) is 5.92 Å². The summed E-state index contributed by atoms with van der Waals surface area (Å²) in [5.74, 6) is 0.577. The quantitative estimate of drug-likeness (QED) is 0.828. The molecule has 0 radical (unpaired) electrons. The maximum atomic E-state index is 12.3. The van der Waals surface area contributed by atoms with Gasteiger partial charge < -0.3 is 5.32 Å². The van der Waals surface area contributed by atoms with Gasteiger partial charge in [0.1, 0.15) is 4.21 Å². The van der Waals surface area contributed by atoms with Crippen molar-refractivity contribution in [2.75, 3.05) is 27.2 Å². The number of hydrogen-bond donors (Lipinski definition) is 1. The highest BCUT2D eigenvalue weighted by atomic mass is 32.2. The lowest BCUT2D eigenvalue weighted by molar-refractivity contribution is 0.454. The molecule has 1 saturated carbocycles. The van der Waals surface area contributed by atoms with Crippen molar-refractivity contribution in [3.63, 3.8) is 0 Å². The van der Waals surface area contributed by atoms with E-state index >= 15 is 0 Å². The van der Waals surface area contributed by atoms with Crippen molar-refractivity contribution in [1.29, 1.82) is 0 Å². The second-order valence-corrected chi connectivity index (χ2v) is 8.24. The van der Waals surface area contributed by atoms with Gasteiger partial charge in [-0.1, -0.05) is 0 Å². The van der Waals surface area contributed by atoms with Crippen LogP contribution in [0.4, 0.5) is 0 Å². The summed E-state index contributed by atoms with van der Waals surface area (Å²) in [6.45, 7) is 1.53. The van der Waals surface area contributed by atoms with Crippen LogP contribution in [0.3, 0.4) is 0 Å². The molecule has 2 rings (SSSR count). The molecule has 0 amide bonds. The Bertz CT molecular complexity index is 492. The van der Waals surface area contributed by atoms with Gasteiger partial charge in [-0.2, -0.15) is 4.31 Å². The Morgan fingerprint density at radius 3 is 2.78 bits per heavy atom. The molecule has 0 spiro atoms. The highest BCUT2D eigenvalue weighted by molar-refractivity contribution is 7.91. The molecular weight excluding hydrogens is 268 g/mol. The van der Waals surface area contributed by atoms with Gasteiger partial charge in [0.15, 0.2) is 0 Å². The van der Waals surface area contributed by atoms with Crippen LogP contribution in [0.2, 0.25) is 0 Å². The summed E-state index contributed by atoms with van der Waals surface area (Å²) in [7, 11) is 0.312. The number of thiophene rings is 1. The van der Waals surface area contributed by atoms with E-state index < -0.39 is 10.0 Å². The third-order valence-electron chi connectivity index (χ3n) is 3.14. The van der Waals surface area contributed by atoms with E-state index in [1.165, 1.54) is 15.6 Å². The van der Waals surface area contributed by atoms with E-state index in [-0.39, 0.29) is 0 Å². The first kappa shape index (κ1) is 14.0. The number of hydrogen-bond acceptors (Lipinski definition) is 4. The average Bonchev–Trinajstić information content (AvgIpc) is 3.01. The average molecular weight is 288 g/mol. The lowest BCUT2D eigenvalue weighted by Gasteiger charge is -2.15. The normalized spacial score (nSPS) is 16.4. The number of nitrogens with one attached hydrogen (secondary N) is 1. The van der Waals surface area contributed by atoms with E-state index in [0.29, 0.717) is 16.7 Å². The molecule has 1 N–H and O–H groups in total. The van der Waals surface area contributed by atoms with Crippen LogP contribution >= 0.6 is 11.3 Å². The molecule has 6 heteroatoms. The molecule has 4 nitrogen and oxygen atoms in total. The molecule has 1 aliphatic carbocycles. The van der Waals surface area contributed by atoms with Crippen molar-refractivity contribution in [2.24, 2.45) is 5.92 Å². The van der Waals surface area contributed by atoms with Gasteiger partial charge >= 0.3 is 0 Å². The molecule has 0 saturated heterocycles. The zero-order valence-corrected chi connectivity index (χ0v) is 12.5. The lowest BCUT2D eigenvalue weighted by atomic mass is 10.3. The van der Waals surface area contributed by atoms with Crippen molar-refractivity contribution in [3.8, 4) is 0 Å². The molecule has 1 aromatic rings. The molecule has 0 aliphatic heterocycles. The van der Waals surface area contributed by atoms with Gasteiger partial charge in [0.25, 0.3) is 10.0 Å². The topological polar surface area (TPSA) is 49.4 Å². The Labute approximate surface area is 113 Å². The van der Waals surface area contributed by atoms with Crippen molar-refractivity contribution in [3.05, 3.63) is 17.0 Å². The first-order chi connectivity index (χ1) is 8.54. The Balaban J connectivity index is 2.05. The number of sulfonamides is 1. The molecular formula is C12H20N2O2S2. The van der Waals surface area contributed by atoms with E-state index in [1.54, 1.807) is 13.1 Å². The zero-order valence-electron chi connectivity index (χ0n) is 10.8. The summed E-state index contributed by atoms with van der Waals surface area (Å²) in [6.07, 6.45) is 3.21. The lowest BCUT2D eigenvalue weighted by Crippen LogP contribution is -2.28. The molecule has 18 heavy (non-hydrogen) atoms. The summed E-state index contributed by atoms with van der Waals surface area (Å²) in [5, 5.41) is 3.07. The number of nitrogens with zero attached hydrogens (tertiary/aromatic N) is 1. The summed E-state index contributed by atoms with van der Waals surface area (Å²) < 4.78 is 26.6. The van der Waals surface area contributed by atoms with Gasteiger partial charge in [0.2, 0.25) is 0 Å². The SMILES string of the molecule is CNCCc1ccc(S(=O)(=O)N(C)CC2CC2)s1. The molecule has 1 fully saturated rings. The van der Waals surface area contributed by atoms with Crippen LogP contribution in [0.5, 0.6) is 0 Å². The molecule has 0 bridgehead atoms. The molecule has 0 atom stereocenters.